The number of aromatic nitrogens is 2. The number of para-hydroxylation sites is 1. The molecule has 0 aliphatic carbocycles. The summed E-state index contributed by atoms with van der Waals surface area (Å²) in [6.45, 7) is 2.23. The molecule has 1 unspecified atom stereocenters. The maximum absolute atomic E-state index is 10.1. The van der Waals surface area contributed by atoms with E-state index in [4.69, 9.17) is 13.9 Å². The zero-order valence-corrected chi connectivity index (χ0v) is 13.3. The van der Waals surface area contributed by atoms with Crippen LogP contribution in [0.25, 0.3) is 11.5 Å². The van der Waals surface area contributed by atoms with Gasteiger partial charge in [0, 0.05) is 0 Å². The van der Waals surface area contributed by atoms with Gasteiger partial charge in [0.25, 0.3) is 5.89 Å². The topological polar surface area (TPSA) is 77.6 Å². The molecule has 2 aromatic carbocycles. The molecule has 0 radical (unpaired) electrons. The number of aliphatic hydroxyl groups excluding tert-OH is 1. The van der Waals surface area contributed by atoms with Crippen LogP contribution in [0.5, 0.6) is 11.5 Å². The van der Waals surface area contributed by atoms with Crippen molar-refractivity contribution in [1.82, 2.24) is 10.2 Å². The monoisotopic (exact) mass is 326 g/mol. The van der Waals surface area contributed by atoms with E-state index in [-0.39, 0.29) is 13.2 Å². The van der Waals surface area contributed by atoms with Gasteiger partial charge >= 0.3 is 0 Å². The summed E-state index contributed by atoms with van der Waals surface area (Å²) in [6.07, 6.45) is 0.498. The van der Waals surface area contributed by atoms with Crippen LogP contribution in [0, 0.1) is 6.92 Å². The molecule has 6 heteroatoms. The first-order valence-corrected chi connectivity index (χ1v) is 7.58. The average Bonchev–Trinajstić information content (AvgIpc) is 3.13. The highest BCUT2D eigenvalue weighted by atomic mass is 16.5. The molecule has 3 rings (SSSR count). The Morgan fingerprint density at radius 2 is 1.92 bits per heavy atom. The molecule has 1 N–H and O–H groups in total. The third-order valence-corrected chi connectivity index (χ3v) is 3.34. The molecule has 1 atom stereocenters. The van der Waals surface area contributed by atoms with E-state index in [1.54, 1.807) is 6.07 Å². The second-order valence-electron chi connectivity index (χ2n) is 5.33. The van der Waals surface area contributed by atoms with Gasteiger partial charge in [-0.2, -0.15) is 0 Å². The Labute approximate surface area is 139 Å². The third-order valence-electron chi connectivity index (χ3n) is 3.34. The number of hydrogen-bond donors (Lipinski definition) is 1. The molecule has 0 bridgehead atoms. The van der Waals surface area contributed by atoms with Crippen LogP contribution < -0.4 is 9.47 Å². The molecule has 1 heterocycles. The van der Waals surface area contributed by atoms with Crippen LogP contribution in [-0.4, -0.2) is 34.6 Å². The van der Waals surface area contributed by atoms with Crippen LogP contribution in [0.15, 0.2) is 59.3 Å². The molecule has 24 heavy (non-hydrogen) atoms. The van der Waals surface area contributed by atoms with Crippen molar-refractivity contribution in [3.63, 3.8) is 0 Å². The van der Waals surface area contributed by atoms with Crippen LogP contribution >= 0.6 is 0 Å². The molecule has 6 nitrogen and oxygen atoms in total. The van der Waals surface area contributed by atoms with Gasteiger partial charge < -0.3 is 19.0 Å². The number of nitrogens with zero attached hydrogens (tertiary/aromatic N) is 2. The van der Waals surface area contributed by atoms with Crippen molar-refractivity contribution in [2.45, 2.75) is 13.0 Å². The fourth-order valence-corrected chi connectivity index (χ4v) is 2.19. The predicted octanol–water partition coefficient (Wildman–Crippen LogP) is 2.86. The van der Waals surface area contributed by atoms with Crippen LogP contribution in [0.3, 0.4) is 0 Å². The van der Waals surface area contributed by atoms with Crippen LogP contribution in [0.4, 0.5) is 0 Å². The third kappa shape index (κ3) is 4.11. The highest BCUT2D eigenvalue weighted by Crippen LogP contribution is 2.28. The molecule has 124 valence electrons. The van der Waals surface area contributed by atoms with Crippen molar-refractivity contribution < 1.29 is 19.0 Å². The predicted molar refractivity (Wildman–Crippen MR) is 87.9 cm³/mol. The Morgan fingerprint density at radius 3 is 2.71 bits per heavy atom. The molecule has 1 aromatic heterocycles. The Kier molecular flexibility index (Phi) is 5.08. The van der Waals surface area contributed by atoms with Crippen molar-refractivity contribution in [1.29, 1.82) is 0 Å². The molecular formula is C18H18N2O4. The van der Waals surface area contributed by atoms with E-state index in [1.807, 2.05) is 49.4 Å². The van der Waals surface area contributed by atoms with E-state index < -0.39 is 6.10 Å². The SMILES string of the molecule is Cc1cccc(OCC(O)COc2ccccc2-c2nnco2)c1. The maximum Gasteiger partial charge on any atom is 0.251 e. The fourth-order valence-electron chi connectivity index (χ4n) is 2.19. The second-order valence-corrected chi connectivity index (χ2v) is 5.33. The highest BCUT2D eigenvalue weighted by molar-refractivity contribution is 5.62. The molecule has 0 saturated carbocycles. The van der Waals surface area contributed by atoms with E-state index in [0.29, 0.717) is 17.2 Å². The Balaban J connectivity index is 1.56. The summed E-state index contributed by atoms with van der Waals surface area (Å²) in [4.78, 5) is 0. The minimum Gasteiger partial charge on any atom is -0.491 e. The van der Waals surface area contributed by atoms with Gasteiger partial charge in [0.2, 0.25) is 6.39 Å². The van der Waals surface area contributed by atoms with Crippen molar-refractivity contribution in [2.24, 2.45) is 0 Å². The minimum atomic E-state index is -0.763. The first kappa shape index (κ1) is 16.0. The summed E-state index contributed by atoms with van der Waals surface area (Å²) in [5.41, 5.74) is 1.79. The summed E-state index contributed by atoms with van der Waals surface area (Å²) in [5, 5.41) is 17.6. The van der Waals surface area contributed by atoms with Gasteiger partial charge in [-0.3, -0.25) is 0 Å². The summed E-state index contributed by atoms with van der Waals surface area (Å²) >= 11 is 0. The number of hydrogen-bond acceptors (Lipinski definition) is 6. The van der Waals surface area contributed by atoms with E-state index in [1.165, 1.54) is 6.39 Å². The lowest BCUT2D eigenvalue weighted by atomic mass is 10.2. The summed E-state index contributed by atoms with van der Waals surface area (Å²) in [6, 6.07) is 15.0. The minimum absolute atomic E-state index is 0.0942. The van der Waals surface area contributed by atoms with Crippen molar-refractivity contribution >= 4 is 0 Å². The number of rotatable bonds is 7. The average molecular weight is 326 g/mol. The van der Waals surface area contributed by atoms with Gasteiger partial charge in [0.05, 0.1) is 5.56 Å². The van der Waals surface area contributed by atoms with Gasteiger partial charge in [-0.1, -0.05) is 24.3 Å². The standard InChI is InChI=1S/C18H18N2O4/c1-13-5-4-6-15(9-13)22-10-14(21)11-23-17-8-3-2-7-16(17)18-20-19-12-24-18/h2-9,12,14,21H,10-11H2,1H3. The molecule has 0 saturated heterocycles. The van der Waals surface area contributed by atoms with E-state index >= 15 is 0 Å². The van der Waals surface area contributed by atoms with E-state index in [2.05, 4.69) is 10.2 Å². The number of aryl methyl sites for hydroxylation is 1. The number of ether oxygens (including phenoxy) is 2. The second kappa shape index (κ2) is 7.61. The Bertz CT molecular complexity index is 774. The smallest absolute Gasteiger partial charge is 0.251 e. The number of aliphatic hydroxyl groups is 1. The lowest BCUT2D eigenvalue weighted by molar-refractivity contribution is 0.0628. The van der Waals surface area contributed by atoms with Gasteiger partial charge in [-0.15, -0.1) is 10.2 Å². The van der Waals surface area contributed by atoms with Crippen LogP contribution in [-0.2, 0) is 0 Å². The van der Waals surface area contributed by atoms with Gasteiger partial charge in [-0.25, -0.2) is 0 Å². The lowest BCUT2D eigenvalue weighted by Gasteiger charge is -2.15. The quantitative estimate of drug-likeness (QED) is 0.719. The molecule has 0 spiro atoms. The zero-order valence-electron chi connectivity index (χ0n) is 13.3. The summed E-state index contributed by atoms with van der Waals surface area (Å²) in [5.74, 6) is 1.66. The summed E-state index contributed by atoms with van der Waals surface area (Å²) < 4.78 is 16.4. The number of benzene rings is 2. The Hall–Kier alpha value is -2.86. The van der Waals surface area contributed by atoms with E-state index in [9.17, 15) is 5.11 Å². The van der Waals surface area contributed by atoms with Gasteiger partial charge in [-0.05, 0) is 36.8 Å². The van der Waals surface area contributed by atoms with Crippen molar-refractivity contribution in [2.75, 3.05) is 13.2 Å². The van der Waals surface area contributed by atoms with Crippen LogP contribution in [0.1, 0.15) is 5.56 Å². The first-order chi connectivity index (χ1) is 11.7. The van der Waals surface area contributed by atoms with Gasteiger partial charge in [0.15, 0.2) is 0 Å². The van der Waals surface area contributed by atoms with Gasteiger partial charge in [0.1, 0.15) is 30.8 Å². The molecule has 0 aliphatic heterocycles. The van der Waals surface area contributed by atoms with Crippen molar-refractivity contribution in [3.05, 3.63) is 60.5 Å². The molecule has 0 amide bonds. The largest absolute Gasteiger partial charge is 0.491 e. The van der Waals surface area contributed by atoms with Crippen molar-refractivity contribution in [3.8, 4) is 23.0 Å². The summed E-state index contributed by atoms with van der Waals surface area (Å²) in [7, 11) is 0. The normalized spacial score (nSPS) is 11.9. The van der Waals surface area contributed by atoms with E-state index in [0.717, 1.165) is 11.3 Å². The maximum atomic E-state index is 10.1. The Morgan fingerprint density at radius 1 is 1.08 bits per heavy atom. The van der Waals surface area contributed by atoms with Crippen LogP contribution in [0.2, 0.25) is 0 Å². The molecule has 0 fully saturated rings. The first-order valence-electron chi connectivity index (χ1n) is 7.58. The molecule has 3 aromatic rings. The molecular weight excluding hydrogens is 308 g/mol. The fraction of sp³-hybridized carbons (Fsp3) is 0.222. The highest BCUT2D eigenvalue weighted by Gasteiger charge is 2.13. The zero-order chi connectivity index (χ0) is 16.8. The molecule has 0 aliphatic rings. The lowest BCUT2D eigenvalue weighted by Crippen LogP contribution is -2.25.